The van der Waals surface area contributed by atoms with E-state index in [9.17, 15) is 13.6 Å². The highest BCUT2D eigenvalue weighted by Gasteiger charge is 2.34. The zero-order valence-corrected chi connectivity index (χ0v) is 16.3. The third-order valence-electron chi connectivity index (χ3n) is 5.18. The van der Waals surface area contributed by atoms with Crippen molar-refractivity contribution in [1.29, 1.82) is 0 Å². The van der Waals surface area contributed by atoms with Crippen LogP contribution >= 0.6 is 0 Å². The summed E-state index contributed by atoms with van der Waals surface area (Å²) < 4.78 is 33.6. The van der Waals surface area contributed by atoms with E-state index in [1.54, 1.807) is 17.0 Å². The van der Waals surface area contributed by atoms with Crippen molar-refractivity contribution in [3.05, 3.63) is 72.2 Å². The molecule has 1 amide bonds. The molecule has 154 valence electrons. The molecule has 2 atom stereocenters. The Morgan fingerprint density at radius 1 is 1.10 bits per heavy atom. The van der Waals surface area contributed by atoms with Gasteiger partial charge in [0.2, 0.25) is 5.88 Å². The Morgan fingerprint density at radius 3 is 2.63 bits per heavy atom. The molecule has 0 saturated carbocycles. The lowest BCUT2D eigenvalue weighted by molar-refractivity contribution is 0.0266. The number of hydrogen-bond donors (Lipinski definition) is 0. The van der Waals surface area contributed by atoms with Crippen LogP contribution in [0.5, 0.6) is 5.88 Å². The normalized spacial score (nSPS) is 18.8. The van der Waals surface area contributed by atoms with E-state index in [2.05, 4.69) is 15.0 Å². The van der Waals surface area contributed by atoms with Crippen molar-refractivity contribution in [2.24, 2.45) is 0 Å². The van der Waals surface area contributed by atoms with Gasteiger partial charge in [-0.25, -0.2) is 23.7 Å². The van der Waals surface area contributed by atoms with E-state index < -0.39 is 11.6 Å². The zero-order chi connectivity index (χ0) is 21.1. The maximum absolute atomic E-state index is 14.6. The van der Waals surface area contributed by atoms with Gasteiger partial charge in [0, 0.05) is 25.0 Å². The maximum Gasteiger partial charge on any atom is 0.255 e. The van der Waals surface area contributed by atoms with Gasteiger partial charge in [-0.2, -0.15) is 0 Å². The average molecular weight is 410 g/mol. The fourth-order valence-electron chi connectivity index (χ4n) is 3.65. The van der Waals surface area contributed by atoms with E-state index in [0.717, 1.165) is 12.6 Å². The van der Waals surface area contributed by atoms with Crippen LogP contribution in [0.4, 0.5) is 8.78 Å². The largest absolute Gasteiger partial charge is 0.472 e. The average Bonchev–Trinajstić information content (AvgIpc) is 2.76. The topological polar surface area (TPSA) is 68.2 Å². The molecule has 2 aromatic heterocycles. The van der Waals surface area contributed by atoms with Crippen LogP contribution in [0.1, 0.15) is 30.1 Å². The smallest absolute Gasteiger partial charge is 0.255 e. The molecular weight excluding hydrogens is 390 g/mol. The van der Waals surface area contributed by atoms with E-state index in [4.69, 9.17) is 4.74 Å². The number of pyridine rings is 1. The van der Waals surface area contributed by atoms with Crippen molar-refractivity contribution in [3.8, 4) is 17.3 Å². The summed E-state index contributed by atoms with van der Waals surface area (Å²) in [6.45, 7) is 2.39. The molecule has 3 heterocycles. The van der Waals surface area contributed by atoms with Gasteiger partial charge in [-0.15, -0.1) is 0 Å². The van der Waals surface area contributed by atoms with Gasteiger partial charge in [-0.3, -0.25) is 4.79 Å². The number of nitrogens with zero attached hydrogens (tertiary/aromatic N) is 4. The first-order valence-corrected chi connectivity index (χ1v) is 9.69. The predicted molar refractivity (Wildman–Crippen MR) is 106 cm³/mol. The van der Waals surface area contributed by atoms with Crippen LogP contribution in [0.2, 0.25) is 0 Å². The second-order valence-electron chi connectivity index (χ2n) is 7.09. The summed E-state index contributed by atoms with van der Waals surface area (Å²) in [7, 11) is 0. The minimum Gasteiger partial charge on any atom is -0.472 e. The van der Waals surface area contributed by atoms with E-state index in [1.807, 2.05) is 6.92 Å². The van der Waals surface area contributed by atoms with E-state index >= 15 is 0 Å². The molecule has 0 spiro atoms. The standard InChI is InChI=1S/C22H20F2N4O2/c1-14-18(30-19-9-8-15(23)13-27-19)7-3-12-28(14)22(29)16-5-2-6-17(24)20(16)21-25-10-4-11-26-21/h2,4-6,8-11,13-14,18H,3,7,12H2,1H3/t14-,18+/m0/s1. The molecular formula is C22H20F2N4O2. The van der Waals surface area contributed by atoms with Crippen LogP contribution in [-0.2, 0) is 0 Å². The molecule has 0 unspecified atom stereocenters. The number of rotatable bonds is 4. The van der Waals surface area contributed by atoms with Crippen LogP contribution < -0.4 is 4.74 Å². The van der Waals surface area contributed by atoms with Crippen LogP contribution in [0.3, 0.4) is 0 Å². The Hall–Kier alpha value is -3.42. The number of ether oxygens (including phenoxy) is 1. The molecule has 1 fully saturated rings. The van der Waals surface area contributed by atoms with Crippen LogP contribution in [-0.4, -0.2) is 44.4 Å². The lowest BCUT2D eigenvalue weighted by Gasteiger charge is -2.39. The number of likely N-dealkylation sites (tertiary alicyclic amines) is 1. The highest BCUT2D eigenvalue weighted by Crippen LogP contribution is 2.28. The molecule has 1 aromatic carbocycles. The van der Waals surface area contributed by atoms with E-state index in [0.29, 0.717) is 18.8 Å². The number of halogens is 2. The summed E-state index contributed by atoms with van der Waals surface area (Å²) in [6.07, 6.45) is 5.23. The number of carbonyl (C=O) groups excluding carboxylic acids is 1. The maximum atomic E-state index is 14.6. The number of hydrogen-bond acceptors (Lipinski definition) is 5. The number of aromatic nitrogens is 3. The molecule has 0 radical (unpaired) electrons. The van der Waals surface area contributed by atoms with Crippen LogP contribution in [0.25, 0.3) is 11.4 Å². The minimum atomic E-state index is -0.556. The Bertz CT molecular complexity index is 1030. The molecule has 30 heavy (non-hydrogen) atoms. The first kappa shape index (κ1) is 19.9. The summed E-state index contributed by atoms with van der Waals surface area (Å²) in [4.78, 5) is 27.2. The quantitative estimate of drug-likeness (QED) is 0.653. The number of amides is 1. The summed E-state index contributed by atoms with van der Waals surface area (Å²) >= 11 is 0. The molecule has 0 N–H and O–H groups in total. The van der Waals surface area contributed by atoms with Gasteiger partial charge in [0.1, 0.15) is 17.7 Å². The van der Waals surface area contributed by atoms with Gasteiger partial charge >= 0.3 is 0 Å². The lowest BCUT2D eigenvalue weighted by Crippen LogP contribution is -2.51. The number of benzene rings is 1. The van der Waals surface area contributed by atoms with Crippen molar-refractivity contribution in [2.75, 3.05) is 6.54 Å². The highest BCUT2D eigenvalue weighted by molar-refractivity contribution is 6.00. The molecule has 1 aliphatic heterocycles. The Morgan fingerprint density at radius 2 is 1.90 bits per heavy atom. The molecule has 0 bridgehead atoms. The van der Waals surface area contributed by atoms with Crippen molar-refractivity contribution in [2.45, 2.75) is 31.9 Å². The third-order valence-corrected chi connectivity index (χ3v) is 5.18. The summed E-state index contributed by atoms with van der Waals surface area (Å²) in [5.41, 5.74) is 0.284. The Kier molecular flexibility index (Phi) is 5.65. The van der Waals surface area contributed by atoms with Crippen molar-refractivity contribution >= 4 is 5.91 Å². The highest BCUT2D eigenvalue weighted by atomic mass is 19.1. The lowest BCUT2D eigenvalue weighted by atomic mass is 9.97. The summed E-state index contributed by atoms with van der Waals surface area (Å²) in [5.74, 6) is -0.860. The summed E-state index contributed by atoms with van der Waals surface area (Å²) in [6, 6.07) is 8.44. The fraction of sp³-hybridized carbons (Fsp3) is 0.273. The number of carbonyl (C=O) groups is 1. The minimum absolute atomic E-state index is 0.0820. The van der Waals surface area contributed by atoms with Gasteiger partial charge in [-0.05, 0) is 44.0 Å². The van der Waals surface area contributed by atoms with Crippen molar-refractivity contribution < 1.29 is 18.3 Å². The second-order valence-corrected chi connectivity index (χ2v) is 7.09. The second kappa shape index (κ2) is 8.52. The van der Waals surface area contributed by atoms with Gasteiger partial charge in [0.15, 0.2) is 5.82 Å². The monoisotopic (exact) mass is 410 g/mol. The zero-order valence-electron chi connectivity index (χ0n) is 16.3. The predicted octanol–water partition coefficient (Wildman–Crippen LogP) is 3.89. The first-order chi connectivity index (χ1) is 14.5. The Balaban J connectivity index is 1.60. The summed E-state index contributed by atoms with van der Waals surface area (Å²) in [5, 5.41) is 0. The van der Waals surface area contributed by atoms with Crippen LogP contribution in [0.15, 0.2) is 55.0 Å². The molecule has 3 aromatic rings. The molecule has 8 heteroatoms. The molecule has 4 rings (SSSR count). The fourth-order valence-corrected chi connectivity index (χ4v) is 3.65. The van der Waals surface area contributed by atoms with Crippen molar-refractivity contribution in [1.82, 2.24) is 19.9 Å². The van der Waals surface area contributed by atoms with E-state index in [-0.39, 0.29) is 35.0 Å². The third kappa shape index (κ3) is 3.98. The number of piperidine rings is 1. The Labute approximate surface area is 172 Å². The molecule has 6 nitrogen and oxygen atoms in total. The molecule has 1 saturated heterocycles. The van der Waals surface area contributed by atoms with Gasteiger partial charge in [0.25, 0.3) is 5.91 Å². The van der Waals surface area contributed by atoms with Crippen molar-refractivity contribution in [3.63, 3.8) is 0 Å². The van der Waals surface area contributed by atoms with E-state index in [1.165, 1.54) is 36.7 Å². The first-order valence-electron chi connectivity index (χ1n) is 9.69. The molecule has 1 aliphatic rings. The van der Waals surface area contributed by atoms with Crippen LogP contribution in [0, 0.1) is 11.6 Å². The SMILES string of the molecule is C[C@H]1[C@H](Oc2ccc(F)cn2)CCCN1C(=O)c1cccc(F)c1-c1ncccn1. The van der Waals surface area contributed by atoms with Gasteiger partial charge in [-0.1, -0.05) is 6.07 Å². The van der Waals surface area contributed by atoms with Gasteiger partial charge < -0.3 is 9.64 Å². The molecule has 0 aliphatic carbocycles. The van der Waals surface area contributed by atoms with Gasteiger partial charge in [0.05, 0.1) is 23.4 Å².